The zero-order valence-electron chi connectivity index (χ0n) is 11.5. The highest BCUT2D eigenvalue weighted by molar-refractivity contribution is 5.80. The first-order valence-electron chi connectivity index (χ1n) is 7.56. The molecule has 0 radical (unpaired) electrons. The molecule has 1 amide bonds. The van der Waals surface area contributed by atoms with Gasteiger partial charge >= 0.3 is 6.18 Å². The van der Waals surface area contributed by atoms with Crippen LogP contribution in [0.4, 0.5) is 13.2 Å². The minimum atomic E-state index is -4.24. The van der Waals surface area contributed by atoms with Gasteiger partial charge in [-0.05, 0) is 25.2 Å². The summed E-state index contributed by atoms with van der Waals surface area (Å²) in [6.07, 6.45) is -1.49. The highest BCUT2D eigenvalue weighted by Gasteiger charge is 2.51. The topological polar surface area (TPSA) is 32.3 Å². The third-order valence-electron chi connectivity index (χ3n) is 5.23. The van der Waals surface area contributed by atoms with Crippen molar-refractivity contribution in [2.24, 2.45) is 17.8 Å². The minimum absolute atomic E-state index is 0.111. The molecule has 3 nitrogen and oxygen atoms in total. The summed E-state index contributed by atoms with van der Waals surface area (Å²) in [5, 5.41) is 3.24. The van der Waals surface area contributed by atoms with Crippen LogP contribution in [0.25, 0.3) is 0 Å². The van der Waals surface area contributed by atoms with Crippen molar-refractivity contribution in [1.82, 2.24) is 10.2 Å². The van der Waals surface area contributed by atoms with Gasteiger partial charge in [-0.1, -0.05) is 12.8 Å². The van der Waals surface area contributed by atoms with Crippen LogP contribution in [0.3, 0.4) is 0 Å². The van der Waals surface area contributed by atoms with Crippen LogP contribution in [0, 0.1) is 17.8 Å². The van der Waals surface area contributed by atoms with E-state index in [0.717, 1.165) is 25.9 Å². The molecule has 2 heterocycles. The Bertz CT molecular complexity index is 385. The van der Waals surface area contributed by atoms with Gasteiger partial charge in [0.05, 0.1) is 5.92 Å². The largest absolute Gasteiger partial charge is 0.392 e. The average Bonchev–Trinajstić information content (AvgIpc) is 2.99. The molecule has 0 aromatic carbocycles. The van der Waals surface area contributed by atoms with E-state index in [4.69, 9.17) is 0 Å². The predicted molar refractivity (Wildman–Crippen MR) is 68.0 cm³/mol. The number of hydrogen-bond acceptors (Lipinski definition) is 2. The fourth-order valence-corrected chi connectivity index (χ4v) is 4.15. The molecule has 1 saturated carbocycles. The second-order valence-electron chi connectivity index (χ2n) is 6.35. The van der Waals surface area contributed by atoms with E-state index in [1.54, 1.807) is 4.90 Å². The first kappa shape index (κ1) is 14.2. The molecule has 3 rings (SSSR count). The predicted octanol–water partition coefficient (Wildman–Crippen LogP) is 2.18. The van der Waals surface area contributed by atoms with Gasteiger partial charge in [-0.25, -0.2) is 0 Å². The zero-order chi connectivity index (χ0) is 14.3. The van der Waals surface area contributed by atoms with E-state index < -0.39 is 18.0 Å². The monoisotopic (exact) mass is 290 g/mol. The molecule has 3 fully saturated rings. The minimum Gasteiger partial charge on any atom is -0.338 e. The normalized spacial score (nSPS) is 38.0. The lowest BCUT2D eigenvalue weighted by molar-refractivity contribution is -0.201. The molecular formula is C14H21F3N2O. The Morgan fingerprint density at radius 3 is 2.60 bits per heavy atom. The van der Waals surface area contributed by atoms with Crippen LogP contribution < -0.4 is 5.32 Å². The van der Waals surface area contributed by atoms with E-state index in [1.807, 2.05) is 0 Å². The van der Waals surface area contributed by atoms with Gasteiger partial charge in [-0.2, -0.15) is 13.2 Å². The molecule has 20 heavy (non-hydrogen) atoms. The second kappa shape index (κ2) is 5.20. The Balaban J connectivity index is 1.74. The first-order chi connectivity index (χ1) is 9.48. The van der Waals surface area contributed by atoms with Gasteiger partial charge in [-0.3, -0.25) is 4.79 Å². The lowest BCUT2D eigenvalue weighted by Crippen LogP contribution is -2.47. The molecule has 0 aromatic rings. The summed E-state index contributed by atoms with van der Waals surface area (Å²) in [7, 11) is 0. The molecule has 114 valence electrons. The molecule has 4 atom stereocenters. The second-order valence-corrected chi connectivity index (χ2v) is 6.35. The average molecular weight is 290 g/mol. The molecule has 0 bridgehead atoms. The van der Waals surface area contributed by atoms with Crippen LogP contribution in [0.5, 0.6) is 0 Å². The van der Waals surface area contributed by atoms with Crippen molar-refractivity contribution in [2.75, 3.05) is 19.6 Å². The van der Waals surface area contributed by atoms with E-state index in [1.165, 1.54) is 0 Å². The number of alkyl halides is 3. The number of nitrogens with zero attached hydrogens (tertiary/aromatic N) is 1. The standard InChI is InChI=1S/C14H21F3N2O/c15-14(16,17)11-4-2-1-3-10(11)13(20)19-6-5-9-7-18-8-12(9)19/h9-12,18H,1-8H2/t9-,10?,11?,12+/m0/s1. The lowest BCUT2D eigenvalue weighted by atomic mass is 9.78. The van der Waals surface area contributed by atoms with Gasteiger partial charge in [0.25, 0.3) is 0 Å². The molecule has 3 aliphatic rings. The summed E-state index contributed by atoms with van der Waals surface area (Å²) >= 11 is 0. The van der Waals surface area contributed by atoms with Gasteiger partial charge < -0.3 is 10.2 Å². The van der Waals surface area contributed by atoms with Gasteiger partial charge in [0.2, 0.25) is 5.91 Å². The third kappa shape index (κ3) is 2.43. The molecule has 6 heteroatoms. The SMILES string of the molecule is O=C(C1CCCCC1C(F)(F)F)N1CC[C@H]2CNC[C@H]21. The number of carbonyl (C=O) groups excluding carboxylic acids is 1. The van der Waals surface area contributed by atoms with E-state index in [-0.39, 0.29) is 18.4 Å². The smallest absolute Gasteiger partial charge is 0.338 e. The van der Waals surface area contributed by atoms with Crippen LogP contribution in [0.2, 0.25) is 0 Å². The quantitative estimate of drug-likeness (QED) is 0.803. The maximum absolute atomic E-state index is 13.1. The summed E-state index contributed by atoms with van der Waals surface area (Å²) in [6, 6.07) is 0.123. The maximum atomic E-state index is 13.1. The summed E-state index contributed by atoms with van der Waals surface area (Å²) < 4.78 is 39.4. The van der Waals surface area contributed by atoms with Crippen LogP contribution in [-0.2, 0) is 4.79 Å². The van der Waals surface area contributed by atoms with Crippen LogP contribution in [0.15, 0.2) is 0 Å². The Hall–Kier alpha value is -0.780. The summed E-state index contributed by atoms with van der Waals surface area (Å²) in [4.78, 5) is 14.3. The van der Waals surface area contributed by atoms with Crippen molar-refractivity contribution >= 4 is 5.91 Å². The fraction of sp³-hybridized carbons (Fsp3) is 0.929. The number of amides is 1. The molecule has 1 N–H and O–H groups in total. The fourth-order valence-electron chi connectivity index (χ4n) is 4.15. The van der Waals surface area contributed by atoms with Crippen molar-refractivity contribution < 1.29 is 18.0 Å². The number of nitrogens with one attached hydrogen (secondary N) is 1. The number of hydrogen-bond donors (Lipinski definition) is 1. The van der Waals surface area contributed by atoms with Gasteiger partial charge in [0, 0.05) is 31.6 Å². The number of rotatable bonds is 1. The van der Waals surface area contributed by atoms with Crippen molar-refractivity contribution in [3.63, 3.8) is 0 Å². The maximum Gasteiger partial charge on any atom is 0.392 e. The van der Waals surface area contributed by atoms with Crippen molar-refractivity contribution in [2.45, 2.75) is 44.3 Å². The number of fused-ring (bicyclic) bond motifs is 1. The molecule has 0 spiro atoms. The Morgan fingerprint density at radius 2 is 1.85 bits per heavy atom. The highest BCUT2D eigenvalue weighted by atomic mass is 19.4. The Morgan fingerprint density at radius 1 is 1.10 bits per heavy atom. The lowest BCUT2D eigenvalue weighted by Gasteiger charge is -2.36. The van der Waals surface area contributed by atoms with Gasteiger partial charge in [0.1, 0.15) is 0 Å². The van der Waals surface area contributed by atoms with Crippen LogP contribution in [0.1, 0.15) is 32.1 Å². The summed E-state index contributed by atoms with van der Waals surface area (Å²) in [5.74, 6) is -2.09. The Labute approximate surface area is 116 Å². The number of carbonyl (C=O) groups is 1. The van der Waals surface area contributed by atoms with Crippen LogP contribution in [-0.4, -0.2) is 42.7 Å². The Kier molecular flexibility index (Phi) is 3.69. The molecule has 0 aromatic heterocycles. The van der Waals surface area contributed by atoms with Crippen molar-refractivity contribution in [3.8, 4) is 0 Å². The first-order valence-corrected chi connectivity index (χ1v) is 7.56. The molecule has 1 aliphatic carbocycles. The zero-order valence-corrected chi connectivity index (χ0v) is 11.5. The molecule has 2 aliphatic heterocycles. The third-order valence-corrected chi connectivity index (χ3v) is 5.23. The summed E-state index contributed by atoms with van der Waals surface area (Å²) in [6.45, 7) is 2.26. The summed E-state index contributed by atoms with van der Waals surface area (Å²) in [5.41, 5.74) is 0. The van der Waals surface area contributed by atoms with E-state index in [2.05, 4.69) is 5.32 Å². The highest BCUT2D eigenvalue weighted by Crippen LogP contribution is 2.43. The van der Waals surface area contributed by atoms with E-state index in [9.17, 15) is 18.0 Å². The molecule has 2 saturated heterocycles. The van der Waals surface area contributed by atoms with Crippen molar-refractivity contribution in [1.29, 1.82) is 0 Å². The molecule has 2 unspecified atom stereocenters. The van der Waals surface area contributed by atoms with Crippen LogP contribution >= 0.6 is 0 Å². The van der Waals surface area contributed by atoms with E-state index >= 15 is 0 Å². The van der Waals surface area contributed by atoms with E-state index in [0.29, 0.717) is 25.3 Å². The van der Waals surface area contributed by atoms with Crippen molar-refractivity contribution in [3.05, 3.63) is 0 Å². The number of halogens is 3. The van der Waals surface area contributed by atoms with Gasteiger partial charge in [-0.15, -0.1) is 0 Å². The van der Waals surface area contributed by atoms with Gasteiger partial charge in [0.15, 0.2) is 0 Å². The number of likely N-dealkylation sites (tertiary alicyclic amines) is 1. The molecular weight excluding hydrogens is 269 g/mol.